The van der Waals surface area contributed by atoms with E-state index < -0.39 is 0 Å². The Bertz CT molecular complexity index is 592. The van der Waals surface area contributed by atoms with Crippen molar-refractivity contribution in [2.45, 2.75) is 26.7 Å². The van der Waals surface area contributed by atoms with Crippen LogP contribution in [0.5, 0.6) is 0 Å². The molecular weight excluding hydrogens is 322 g/mol. The minimum Gasteiger partial charge on any atom is -0.319 e. The molecule has 0 fully saturated rings. The molecule has 2 rings (SSSR count). The van der Waals surface area contributed by atoms with Crippen LogP contribution >= 0.6 is 15.9 Å². The van der Waals surface area contributed by atoms with Gasteiger partial charge in [0.1, 0.15) is 0 Å². The third-order valence-corrected chi connectivity index (χ3v) is 4.41. The van der Waals surface area contributed by atoms with Crippen molar-refractivity contribution in [1.82, 2.24) is 5.32 Å². The molecular formula is C19H24BrN. The van der Waals surface area contributed by atoms with Crippen LogP contribution in [0, 0.1) is 19.8 Å². The first-order valence-corrected chi connectivity index (χ1v) is 8.33. The summed E-state index contributed by atoms with van der Waals surface area (Å²) in [7, 11) is 2.04. The molecule has 0 radical (unpaired) electrons. The Morgan fingerprint density at radius 1 is 1.05 bits per heavy atom. The molecule has 2 aromatic rings. The molecule has 1 unspecified atom stereocenters. The van der Waals surface area contributed by atoms with Crippen molar-refractivity contribution in [3.05, 3.63) is 69.2 Å². The van der Waals surface area contributed by atoms with E-state index in [0.717, 1.165) is 23.9 Å². The van der Waals surface area contributed by atoms with Crippen LogP contribution < -0.4 is 5.32 Å². The standard InChI is InChI=1S/C19H24BrN/c1-14-7-8-15(2)18(9-14)11-17(13-21-3)10-16-5-4-6-19(20)12-16/h4-9,12,17,21H,10-11,13H2,1-3H3. The minimum atomic E-state index is 0.616. The highest BCUT2D eigenvalue weighted by atomic mass is 79.9. The Morgan fingerprint density at radius 2 is 1.86 bits per heavy atom. The van der Waals surface area contributed by atoms with Gasteiger partial charge in [0, 0.05) is 4.47 Å². The van der Waals surface area contributed by atoms with E-state index in [1.165, 1.54) is 22.3 Å². The summed E-state index contributed by atoms with van der Waals surface area (Å²) in [6.07, 6.45) is 2.23. The van der Waals surface area contributed by atoms with Crippen molar-refractivity contribution in [3.63, 3.8) is 0 Å². The van der Waals surface area contributed by atoms with Gasteiger partial charge in [0.2, 0.25) is 0 Å². The average molecular weight is 346 g/mol. The van der Waals surface area contributed by atoms with Crippen molar-refractivity contribution in [1.29, 1.82) is 0 Å². The molecule has 0 aliphatic heterocycles. The van der Waals surface area contributed by atoms with E-state index in [-0.39, 0.29) is 0 Å². The van der Waals surface area contributed by atoms with Gasteiger partial charge >= 0.3 is 0 Å². The monoisotopic (exact) mass is 345 g/mol. The molecule has 21 heavy (non-hydrogen) atoms. The Balaban J connectivity index is 2.13. The van der Waals surface area contributed by atoms with Crippen molar-refractivity contribution in [3.8, 4) is 0 Å². The maximum atomic E-state index is 3.56. The van der Waals surface area contributed by atoms with E-state index in [1.54, 1.807) is 0 Å². The predicted molar refractivity (Wildman–Crippen MR) is 94.9 cm³/mol. The average Bonchev–Trinajstić information content (AvgIpc) is 2.43. The molecule has 0 aliphatic carbocycles. The minimum absolute atomic E-state index is 0.616. The lowest BCUT2D eigenvalue weighted by atomic mass is 9.90. The molecule has 1 atom stereocenters. The fourth-order valence-corrected chi connectivity index (χ4v) is 3.28. The first-order valence-electron chi connectivity index (χ1n) is 7.53. The Kier molecular flexibility index (Phi) is 6.01. The van der Waals surface area contributed by atoms with Crippen LogP contribution in [0.4, 0.5) is 0 Å². The molecule has 0 spiro atoms. The van der Waals surface area contributed by atoms with Crippen molar-refractivity contribution in [2.24, 2.45) is 5.92 Å². The summed E-state index contributed by atoms with van der Waals surface area (Å²) in [5, 5.41) is 3.35. The molecule has 1 N–H and O–H groups in total. The number of nitrogens with one attached hydrogen (secondary N) is 1. The summed E-state index contributed by atoms with van der Waals surface area (Å²) in [6.45, 7) is 5.43. The van der Waals surface area contributed by atoms with Crippen LogP contribution in [0.3, 0.4) is 0 Å². The van der Waals surface area contributed by atoms with Gasteiger partial charge in [-0.15, -0.1) is 0 Å². The summed E-state index contributed by atoms with van der Waals surface area (Å²) in [5.41, 5.74) is 5.62. The van der Waals surface area contributed by atoms with Crippen molar-refractivity contribution in [2.75, 3.05) is 13.6 Å². The van der Waals surface area contributed by atoms with E-state index in [1.807, 2.05) is 7.05 Å². The lowest BCUT2D eigenvalue weighted by Gasteiger charge is -2.18. The number of hydrogen-bond donors (Lipinski definition) is 1. The van der Waals surface area contributed by atoms with Crippen LogP contribution in [-0.4, -0.2) is 13.6 Å². The van der Waals surface area contributed by atoms with Crippen LogP contribution in [0.25, 0.3) is 0 Å². The molecule has 2 heteroatoms. The Hall–Kier alpha value is -1.12. The van der Waals surface area contributed by atoms with Crippen LogP contribution in [0.1, 0.15) is 22.3 Å². The normalized spacial score (nSPS) is 12.4. The van der Waals surface area contributed by atoms with E-state index in [0.29, 0.717) is 5.92 Å². The molecule has 2 aromatic carbocycles. The van der Waals surface area contributed by atoms with E-state index in [9.17, 15) is 0 Å². The second kappa shape index (κ2) is 7.77. The zero-order chi connectivity index (χ0) is 15.2. The zero-order valence-corrected chi connectivity index (χ0v) is 14.7. The molecule has 0 aromatic heterocycles. The van der Waals surface area contributed by atoms with Gasteiger partial charge in [-0.1, -0.05) is 51.8 Å². The van der Waals surface area contributed by atoms with Gasteiger partial charge in [-0.2, -0.15) is 0 Å². The van der Waals surface area contributed by atoms with Crippen LogP contribution in [0.2, 0.25) is 0 Å². The number of hydrogen-bond acceptors (Lipinski definition) is 1. The largest absolute Gasteiger partial charge is 0.319 e. The van der Waals surface area contributed by atoms with Gasteiger partial charge in [-0.05, 0) is 75.0 Å². The van der Waals surface area contributed by atoms with Gasteiger partial charge in [-0.25, -0.2) is 0 Å². The predicted octanol–water partition coefficient (Wildman–Crippen LogP) is 4.69. The summed E-state index contributed by atoms with van der Waals surface area (Å²) in [6, 6.07) is 15.4. The van der Waals surface area contributed by atoms with E-state index in [4.69, 9.17) is 0 Å². The van der Waals surface area contributed by atoms with Gasteiger partial charge in [0.25, 0.3) is 0 Å². The second-order valence-corrected chi connectivity index (χ2v) is 6.81. The fourth-order valence-electron chi connectivity index (χ4n) is 2.83. The van der Waals surface area contributed by atoms with Crippen molar-refractivity contribution >= 4 is 15.9 Å². The molecule has 112 valence electrons. The zero-order valence-electron chi connectivity index (χ0n) is 13.1. The van der Waals surface area contributed by atoms with Gasteiger partial charge in [0.05, 0.1) is 0 Å². The highest BCUT2D eigenvalue weighted by molar-refractivity contribution is 9.10. The summed E-state index contributed by atoms with van der Waals surface area (Å²) >= 11 is 3.56. The maximum absolute atomic E-state index is 3.56. The molecule has 0 aliphatic rings. The second-order valence-electron chi connectivity index (χ2n) is 5.89. The van der Waals surface area contributed by atoms with Crippen LogP contribution in [0.15, 0.2) is 46.9 Å². The molecule has 0 heterocycles. The third-order valence-electron chi connectivity index (χ3n) is 3.92. The van der Waals surface area contributed by atoms with E-state index in [2.05, 4.69) is 77.6 Å². The summed E-state index contributed by atoms with van der Waals surface area (Å²) in [5.74, 6) is 0.616. The number of rotatable bonds is 6. The topological polar surface area (TPSA) is 12.0 Å². The first kappa shape index (κ1) is 16.3. The highest BCUT2D eigenvalue weighted by Gasteiger charge is 2.12. The molecule has 1 nitrogen and oxygen atoms in total. The first-order chi connectivity index (χ1) is 10.1. The maximum Gasteiger partial charge on any atom is 0.0177 e. The SMILES string of the molecule is CNCC(Cc1cccc(Br)c1)Cc1cc(C)ccc1C. The van der Waals surface area contributed by atoms with Crippen molar-refractivity contribution < 1.29 is 0 Å². The molecule has 0 saturated heterocycles. The number of aryl methyl sites for hydroxylation is 2. The number of halogens is 1. The molecule has 0 amide bonds. The third kappa shape index (κ3) is 4.98. The van der Waals surface area contributed by atoms with Gasteiger partial charge in [0.15, 0.2) is 0 Å². The van der Waals surface area contributed by atoms with Gasteiger partial charge < -0.3 is 5.32 Å². The lowest BCUT2D eigenvalue weighted by Crippen LogP contribution is -2.23. The van der Waals surface area contributed by atoms with Gasteiger partial charge in [-0.3, -0.25) is 0 Å². The van der Waals surface area contributed by atoms with E-state index >= 15 is 0 Å². The Labute approximate surface area is 136 Å². The Morgan fingerprint density at radius 3 is 2.57 bits per heavy atom. The smallest absolute Gasteiger partial charge is 0.0177 e. The fraction of sp³-hybridized carbons (Fsp3) is 0.368. The number of benzene rings is 2. The lowest BCUT2D eigenvalue weighted by molar-refractivity contribution is 0.492. The summed E-state index contributed by atoms with van der Waals surface area (Å²) in [4.78, 5) is 0. The summed E-state index contributed by atoms with van der Waals surface area (Å²) < 4.78 is 1.16. The molecule has 0 saturated carbocycles. The molecule has 0 bridgehead atoms. The highest BCUT2D eigenvalue weighted by Crippen LogP contribution is 2.20. The quantitative estimate of drug-likeness (QED) is 0.800. The van der Waals surface area contributed by atoms with Crippen LogP contribution in [-0.2, 0) is 12.8 Å².